The topological polar surface area (TPSA) is 43.4 Å². The van der Waals surface area contributed by atoms with E-state index in [2.05, 4.69) is 10.3 Å². The molecule has 0 saturated carbocycles. The SMILES string of the molecule is CNc1ccc(Sc2c(F)cnc3cc(OC)c(OC)cc23)c(F)c1. The maximum Gasteiger partial charge on any atom is 0.162 e. The van der Waals surface area contributed by atoms with Crippen LogP contribution in [0.4, 0.5) is 14.5 Å². The smallest absolute Gasteiger partial charge is 0.162 e. The van der Waals surface area contributed by atoms with E-state index < -0.39 is 11.6 Å². The first-order valence-electron chi connectivity index (χ1n) is 7.42. The summed E-state index contributed by atoms with van der Waals surface area (Å²) in [6, 6.07) is 8.02. The second-order valence-corrected chi connectivity index (χ2v) is 6.21. The van der Waals surface area contributed by atoms with Gasteiger partial charge in [0.05, 0.1) is 30.8 Å². The Kier molecular flexibility index (Phi) is 4.94. The molecule has 1 heterocycles. The number of methoxy groups -OCH3 is 2. The Balaban J connectivity index is 2.13. The molecule has 0 aliphatic rings. The molecule has 25 heavy (non-hydrogen) atoms. The minimum absolute atomic E-state index is 0.280. The summed E-state index contributed by atoms with van der Waals surface area (Å²) < 4.78 is 39.2. The summed E-state index contributed by atoms with van der Waals surface area (Å²) in [5, 5.41) is 3.39. The Morgan fingerprint density at radius 1 is 1.00 bits per heavy atom. The normalized spacial score (nSPS) is 10.8. The zero-order valence-electron chi connectivity index (χ0n) is 13.9. The molecule has 0 spiro atoms. The maximum atomic E-state index is 14.4. The average molecular weight is 362 g/mol. The molecule has 3 rings (SSSR count). The largest absolute Gasteiger partial charge is 0.493 e. The summed E-state index contributed by atoms with van der Waals surface area (Å²) in [7, 11) is 4.72. The summed E-state index contributed by atoms with van der Waals surface area (Å²) in [5.41, 5.74) is 1.18. The van der Waals surface area contributed by atoms with Crippen molar-refractivity contribution < 1.29 is 18.3 Å². The Hall–Kier alpha value is -2.54. The number of anilines is 1. The van der Waals surface area contributed by atoms with Crippen molar-refractivity contribution in [1.29, 1.82) is 0 Å². The first kappa shape index (κ1) is 17.3. The highest BCUT2D eigenvalue weighted by Crippen LogP contribution is 2.40. The van der Waals surface area contributed by atoms with Gasteiger partial charge < -0.3 is 14.8 Å². The van der Waals surface area contributed by atoms with E-state index in [0.717, 1.165) is 18.0 Å². The van der Waals surface area contributed by atoms with Crippen LogP contribution >= 0.6 is 11.8 Å². The lowest BCUT2D eigenvalue weighted by atomic mass is 10.2. The van der Waals surface area contributed by atoms with Crippen LogP contribution in [0, 0.1) is 11.6 Å². The highest BCUT2D eigenvalue weighted by molar-refractivity contribution is 7.99. The molecule has 1 N–H and O–H groups in total. The van der Waals surface area contributed by atoms with Gasteiger partial charge in [0.1, 0.15) is 5.82 Å². The molecule has 1 aromatic heterocycles. The Bertz CT molecular complexity index is 935. The maximum absolute atomic E-state index is 14.4. The molecule has 0 bridgehead atoms. The molecule has 4 nitrogen and oxygen atoms in total. The van der Waals surface area contributed by atoms with Gasteiger partial charge in [-0.25, -0.2) is 8.78 Å². The number of halogens is 2. The van der Waals surface area contributed by atoms with Gasteiger partial charge in [-0.15, -0.1) is 0 Å². The van der Waals surface area contributed by atoms with Gasteiger partial charge in [-0.05, 0) is 24.3 Å². The third kappa shape index (κ3) is 3.32. The average Bonchev–Trinajstić information content (AvgIpc) is 2.64. The molecule has 0 amide bonds. The molecule has 130 valence electrons. The van der Waals surface area contributed by atoms with Crippen LogP contribution in [0.1, 0.15) is 0 Å². The zero-order valence-corrected chi connectivity index (χ0v) is 14.7. The minimum Gasteiger partial charge on any atom is -0.493 e. The van der Waals surface area contributed by atoms with Gasteiger partial charge in [0.15, 0.2) is 17.3 Å². The van der Waals surface area contributed by atoms with E-state index in [1.165, 1.54) is 20.3 Å². The van der Waals surface area contributed by atoms with Crippen molar-refractivity contribution in [3.63, 3.8) is 0 Å². The van der Waals surface area contributed by atoms with Crippen LogP contribution in [0.3, 0.4) is 0 Å². The third-order valence-corrected chi connectivity index (χ3v) is 4.88. The standard InChI is InChI=1S/C18H16F2N2O2S/c1-21-10-4-5-17(12(19)6-10)25-18-11-7-15(23-2)16(24-3)8-14(11)22-9-13(18)20/h4-9,21H,1-3H3. The van der Waals surface area contributed by atoms with Crippen LogP contribution in [0.15, 0.2) is 46.3 Å². The zero-order chi connectivity index (χ0) is 18.0. The molecule has 0 fully saturated rings. The second kappa shape index (κ2) is 7.14. The number of fused-ring (bicyclic) bond motifs is 1. The van der Waals surface area contributed by atoms with Gasteiger partial charge >= 0.3 is 0 Å². The summed E-state index contributed by atoms with van der Waals surface area (Å²) >= 11 is 1.01. The highest BCUT2D eigenvalue weighted by Gasteiger charge is 2.16. The summed E-state index contributed by atoms with van der Waals surface area (Å²) in [4.78, 5) is 4.69. The second-order valence-electron chi connectivity index (χ2n) is 5.16. The van der Waals surface area contributed by atoms with Crippen molar-refractivity contribution in [2.45, 2.75) is 9.79 Å². The van der Waals surface area contributed by atoms with Crippen LogP contribution in [0.25, 0.3) is 10.9 Å². The first-order chi connectivity index (χ1) is 12.1. The van der Waals surface area contributed by atoms with Crippen molar-refractivity contribution in [2.24, 2.45) is 0 Å². The van der Waals surface area contributed by atoms with Gasteiger partial charge in [0.25, 0.3) is 0 Å². The third-order valence-electron chi connectivity index (χ3n) is 3.71. The van der Waals surface area contributed by atoms with Crippen molar-refractivity contribution in [3.05, 3.63) is 48.2 Å². The van der Waals surface area contributed by atoms with Gasteiger partial charge in [-0.1, -0.05) is 11.8 Å². The van der Waals surface area contributed by atoms with Gasteiger partial charge in [0.2, 0.25) is 0 Å². The number of ether oxygens (including phenoxy) is 2. The summed E-state index contributed by atoms with van der Waals surface area (Å²) in [6.45, 7) is 0. The molecule has 7 heteroatoms. The van der Waals surface area contributed by atoms with E-state index >= 15 is 0 Å². The van der Waals surface area contributed by atoms with Crippen LogP contribution in [0.2, 0.25) is 0 Å². The molecule has 3 aromatic rings. The number of aromatic nitrogens is 1. The number of rotatable bonds is 5. The van der Waals surface area contributed by atoms with E-state index in [1.54, 1.807) is 31.3 Å². The number of hydrogen-bond donors (Lipinski definition) is 1. The number of hydrogen-bond acceptors (Lipinski definition) is 5. The number of nitrogens with one attached hydrogen (secondary N) is 1. The van der Waals surface area contributed by atoms with Gasteiger partial charge in [-0.3, -0.25) is 4.98 Å². The van der Waals surface area contributed by atoms with Crippen molar-refractivity contribution >= 4 is 28.4 Å². The Morgan fingerprint density at radius 3 is 2.36 bits per heavy atom. The van der Waals surface area contributed by atoms with Gasteiger partial charge in [0, 0.05) is 29.1 Å². The van der Waals surface area contributed by atoms with Crippen LogP contribution in [0.5, 0.6) is 11.5 Å². The van der Waals surface area contributed by atoms with Crippen LogP contribution < -0.4 is 14.8 Å². The van der Waals surface area contributed by atoms with E-state index in [0.29, 0.717) is 33.0 Å². The molecular formula is C18H16F2N2O2S. The van der Waals surface area contributed by atoms with Crippen molar-refractivity contribution in [1.82, 2.24) is 4.98 Å². The molecule has 0 aliphatic heterocycles. The number of benzene rings is 2. The van der Waals surface area contributed by atoms with E-state index in [-0.39, 0.29) is 4.90 Å². The molecule has 0 saturated heterocycles. The number of nitrogens with zero attached hydrogens (tertiary/aromatic N) is 1. The first-order valence-corrected chi connectivity index (χ1v) is 8.24. The monoisotopic (exact) mass is 362 g/mol. The lowest BCUT2D eigenvalue weighted by molar-refractivity contribution is 0.355. The minimum atomic E-state index is -0.526. The Labute approximate surface area is 148 Å². The van der Waals surface area contributed by atoms with Gasteiger partial charge in [-0.2, -0.15) is 0 Å². The summed E-state index contributed by atoms with van der Waals surface area (Å²) in [6.07, 6.45) is 1.12. The van der Waals surface area contributed by atoms with Crippen molar-refractivity contribution in [2.75, 3.05) is 26.6 Å². The predicted octanol–water partition coefficient (Wildman–Crippen LogP) is 4.72. The van der Waals surface area contributed by atoms with Crippen LogP contribution in [-0.2, 0) is 0 Å². The lowest BCUT2D eigenvalue weighted by Gasteiger charge is -2.12. The van der Waals surface area contributed by atoms with Crippen LogP contribution in [-0.4, -0.2) is 26.3 Å². The molecule has 0 radical (unpaired) electrons. The molecule has 0 aliphatic carbocycles. The fraction of sp³-hybridized carbons (Fsp3) is 0.167. The van der Waals surface area contributed by atoms with E-state index in [1.807, 2.05) is 0 Å². The number of pyridine rings is 1. The predicted molar refractivity (Wildman–Crippen MR) is 94.9 cm³/mol. The fourth-order valence-electron chi connectivity index (χ4n) is 2.42. The fourth-order valence-corrected chi connectivity index (χ4v) is 3.36. The molecule has 2 aromatic carbocycles. The molecular weight excluding hydrogens is 346 g/mol. The van der Waals surface area contributed by atoms with Crippen molar-refractivity contribution in [3.8, 4) is 11.5 Å². The molecule has 0 atom stereocenters. The van der Waals surface area contributed by atoms with E-state index in [4.69, 9.17) is 9.47 Å². The highest BCUT2D eigenvalue weighted by atomic mass is 32.2. The Morgan fingerprint density at radius 2 is 1.72 bits per heavy atom. The summed E-state index contributed by atoms with van der Waals surface area (Å²) in [5.74, 6) is -0.00614. The van der Waals surface area contributed by atoms with E-state index in [9.17, 15) is 8.78 Å². The molecule has 0 unspecified atom stereocenters. The quantitative estimate of drug-likeness (QED) is 0.711. The lowest BCUT2D eigenvalue weighted by Crippen LogP contribution is -1.95.